The second-order valence-corrected chi connectivity index (χ2v) is 5.45. The predicted octanol–water partition coefficient (Wildman–Crippen LogP) is 3.95. The third kappa shape index (κ3) is 3.56. The fraction of sp³-hybridized carbons (Fsp3) is 0.188. The highest BCUT2D eigenvalue weighted by Gasteiger charge is 2.16. The summed E-state index contributed by atoms with van der Waals surface area (Å²) in [7, 11) is 0. The van der Waals surface area contributed by atoms with Crippen molar-refractivity contribution in [3.05, 3.63) is 69.3 Å². The maximum Gasteiger partial charge on any atom is 0.255 e. The van der Waals surface area contributed by atoms with Crippen LogP contribution in [-0.4, -0.2) is 17.4 Å². The summed E-state index contributed by atoms with van der Waals surface area (Å²) in [5.74, 6) is 0.0938. The molecule has 2 aromatic rings. The number of hydrogen-bond acceptors (Lipinski definition) is 1. The van der Waals surface area contributed by atoms with Gasteiger partial charge in [-0.05, 0) is 47.2 Å². The van der Waals surface area contributed by atoms with Crippen LogP contribution in [0.15, 0.2) is 54.6 Å². The van der Waals surface area contributed by atoms with Crippen molar-refractivity contribution in [1.29, 1.82) is 0 Å². The van der Waals surface area contributed by atoms with Crippen LogP contribution in [0.1, 0.15) is 22.8 Å². The molecule has 0 fully saturated rings. The van der Waals surface area contributed by atoms with Crippen LogP contribution in [0, 0.1) is 3.57 Å². The van der Waals surface area contributed by atoms with Gasteiger partial charge >= 0.3 is 0 Å². The molecule has 0 unspecified atom stereocenters. The summed E-state index contributed by atoms with van der Waals surface area (Å²) in [6.07, 6.45) is 0. The average Bonchev–Trinajstić information content (AvgIpc) is 2.46. The van der Waals surface area contributed by atoms with Crippen LogP contribution in [0.2, 0.25) is 0 Å². The maximum atomic E-state index is 12.5. The van der Waals surface area contributed by atoms with Gasteiger partial charge in [0.1, 0.15) is 0 Å². The molecule has 0 saturated heterocycles. The lowest BCUT2D eigenvalue weighted by Gasteiger charge is -2.21. The van der Waals surface area contributed by atoms with E-state index in [9.17, 15) is 4.79 Å². The molecule has 0 aliphatic heterocycles. The fourth-order valence-corrected chi connectivity index (χ4v) is 2.55. The molecule has 0 aliphatic carbocycles. The summed E-state index contributed by atoms with van der Waals surface area (Å²) in [4.78, 5) is 14.4. The molecule has 19 heavy (non-hydrogen) atoms. The molecule has 0 heterocycles. The Hall–Kier alpha value is -1.36. The van der Waals surface area contributed by atoms with Gasteiger partial charge in [0, 0.05) is 16.7 Å². The Morgan fingerprint density at radius 3 is 2.32 bits per heavy atom. The smallest absolute Gasteiger partial charge is 0.255 e. The van der Waals surface area contributed by atoms with E-state index in [-0.39, 0.29) is 5.91 Å². The lowest BCUT2D eigenvalue weighted by molar-refractivity contribution is 0.0751. The monoisotopic (exact) mass is 365 g/mol. The van der Waals surface area contributed by atoms with Crippen LogP contribution in [0.25, 0.3) is 0 Å². The highest BCUT2D eigenvalue weighted by atomic mass is 127. The van der Waals surface area contributed by atoms with Gasteiger partial charge in [0.2, 0.25) is 0 Å². The lowest BCUT2D eigenvalue weighted by atomic mass is 10.1. The first-order valence-electron chi connectivity index (χ1n) is 6.30. The maximum absolute atomic E-state index is 12.5. The minimum atomic E-state index is 0.0938. The average molecular weight is 365 g/mol. The Bertz CT molecular complexity index is 554. The predicted molar refractivity (Wildman–Crippen MR) is 86.0 cm³/mol. The highest BCUT2D eigenvalue weighted by molar-refractivity contribution is 14.1. The lowest BCUT2D eigenvalue weighted by Crippen LogP contribution is -2.30. The van der Waals surface area contributed by atoms with E-state index >= 15 is 0 Å². The van der Waals surface area contributed by atoms with Crippen molar-refractivity contribution < 1.29 is 4.79 Å². The van der Waals surface area contributed by atoms with Crippen molar-refractivity contribution in [2.45, 2.75) is 13.5 Å². The fourth-order valence-electron chi connectivity index (χ4n) is 1.94. The Labute approximate surface area is 127 Å². The van der Waals surface area contributed by atoms with Gasteiger partial charge in [-0.15, -0.1) is 0 Å². The number of amides is 1. The zero-order valence-corrected chi connectivity index (χ0v) is 13.0. The van der Waals surface area contributed by atoms with Gasteiger partial charge in [-0.2, -0.15) is 0 Å². The number of hydrogen-bond donors (Lipinski definition) is 0. The van der Waals surface area contributed by atoms with Crippen molar-refractivity contribution in [3.63, 3.8) is 0 Å². The molecular formula is C16H16INO. The molecule has 2 rings (SSSR count). The minimum absolute atomic E-state index is 0.0938. The summed E-state index contributed by atoms with van der Waals surface area (Å²) in [5.41, 5.74) is 1.93. The van der Waals surface area contributed by atoms with Crippen LogP contribution in [-0.2, 0) is 6.54 Å². The molecule has 2 aromatic carbocycles. The highest BCUT2D eigenvalue weighted by Crippen LogP contribution is 2.15. The molecule has 2 nitrogen and oxygen atoms in total. The van der Waals surface area contributed by atoms with E-state index in [0.29, 0.717) is 13.1 Å². The van der Waals surface area contributed by atoms with Crippen LogP contribution in [0.5, 0.6) is 0 Å². The van der Waals surface area contributed by atoms with Crippen LogP contribution in [0.3, 0.4) is 0 Å². The minimum Gasteiger partial charge on any atom is -0.335 e. The van der Waals surface area contributed by atoms with Gasteiger partial charge in [-0.3, -0.25) is 4.79 Å². The standard InChI is InChI=1S/C16H16INO/c1-2-18(12-13-8-4-3-5-9-13)16(19)14-10-6-7-11-15(14)17/h3-11H,2,12H2,1H3. The topological polar surface area (TPSA) is 20.3 Å². The molecule has 1 amide bonds. The third-order valence-electron chi connectivity index (χ3n) is 2.99. The molecule has 0 aliphatic rings. The largest absolute Gasteiger partial charge is 0.335 e. The Kier molecular flexibility index (Phi) is 4.96. The van der Waals surface area contributed by atoms with Crippen molar-refractivity contribution >= 4 is 28.5 Å². The van der Waals surface area contributed by atoms with E-state index in [0.717, 1.165) is 14.7 Å². The van der Waals surface area contributed by atoms with Crippen molar-refractivity contribution in [3.8, 4) is 0 Å². The van der Waals surface area contributed by atoms with Crippen molar-refractivity contribution in [2.75, 3.05) is 6.54 Å². The van der Waals surface area contributed by atoms with Gasteiger partial charge in [0.15, 0.2) is 0 Å². The Balaban J connectivity index is 2.18. The Morgan fingerprint density at radius 2 is 1.68 bits per heavy atom. The molecule has 0 bridgehead atoms. The number of halogens is 1. The molecule has 0 aromatic heterocycles. The van der Waals surface area contributed by atoms with Gasteiger partial charge < -0.3 is 4.90 Å². The van der Waals surface area contributed by atoms with E-state index < -0.39 is 0 Å². The summed E-state index contributed by atoms with van der Waals surface area (Å²) in [6, 6.07) is 17.8. The molecule has 0 saturated carbocycles. The number of rotatable bonds is 4. The first-order valence-corrected chi connectivity index (χ1v) is 7.38. The van der Waals surface area contributed by atoms with Crippen molar-refractivity contribution in [1.82, 2.24) is 4.90 Å². The van der Waals surface area contributed by atoms with E-state index in [1.54, 1.807) is 0 Å². The van der Waals surface area contributed by atoms with E-state index in [4.69, 9.17) is 0 Å². The summed E-state index contributed by atoms with van der Waals surface area (Å²) in [5, 5.41) is 0. The number of carbonyl (C=O) groups excluding carboxylic acids is 1. The zero-order chi connectivity index (χ0) is 13.7. The quantitative estimate of drug-likeness (QED) is 0.752. The SMILES string of the molecule is CCN(Cc1ccccc1)C(=O)c1ccccc1I. The van der Waals surface area contributed by atoms with E-state index in [1.807, 2.05) is 66.4 Å². The van der Waals surface area contributed by atoms with E-state index in [1.165, 1.54) is 0 Å². The first kappa shape index (κ1) is 14.1. The second kappa shape index (κ2) is 6.70. The van der Waals surface area contributed by atoms with Gasteiger partial charge in [0.25, 0.3) is 5.91 Å². The molecule has 0 N–H and O–H groups in total. The third-order valence-corrected chi connectivity index (χ3v) is 3.93. The molecule has 0 spiro atoms. The van der Waals surface area contributed by atoms with Gasteiger partial charge in [-0.1, -0.05) is 42.5 Å². The number of nitrogens with zero attached hydrogens (tertiary/aromatic N) is 1. The second-order valence-electron chi connectivity index (χ2n) is 4.28. The molecule has 0 atom stereocenters. The molecule has 3 heteroatoms. The van der Waals surface area contributed by atoms with Gasteiger partial charge in [-0.25, -0.2) is 0 Å². The number of benzene rings is 2. The van der Waals surface area contributed by atoms with Crippen LogP contribution >= 0.6 is 22.6 Å². The number of carbonyl (C=O) groups is 1. The first-order chi connectivity index (χ1) is 9.22. The van der Waals surface area contributed by atoms with E-state index in [2.05, 4.69) is 22.6 Å². The summed E-state index contributed by atoms with van der Waals surface area (Å²) < 4.78 is 0.997. The van der Waals surface area contributed by atoms with Crippen molar-refractivity contribution in [2.24, 2.45) is 0 Å². The summed E-state index contributed by atoms with van der Waals surface area (Å²) in [6.45, 7) is 3.37. The molecule has 98 valence electrons. The normalized spacial score (nSPS) is 10.2. The zero-order valence-electron chi connectivity index (χ0n) is 10.8. The van der Waals surface area contributed by atoms with Crippen LogP contribution < -0.4 is 0 Å². The molecular weight excluding hydrogens is 349 g/mol. The van der Waals surface area contributed by atoms with Gasteiger partial charge in [0.05, 0.1) is 5.56 Å². The van der Waals surface area contributed by atoms with Crippen LogP contribution in [0.4, 0.5) is 0 Å². The summed E-state index contributed by atoms with van der Waals surface area (Å²) >= 11 is 2.21. The molecule has 0 radical (unpaired) electrons. The Morgan fingerprint density at radius 1 is 1.05 bits per heavy atom.